The van der Waals surface area contributed by atoms with Crippen molar-refractivity contribution in [1.82, 2.24) is 4.90 Å². The van der Waals surface area contributed by atoms with Crippen molar-refractivity contribution in [3.05, 3.63) is 27.3 Å². The van der Waals surface area contributed by atoms with Crippen LogP contribution in [0.1, 0.15) is 28.7 Å². The predicted molar refractivity (Wildman–Crippen MR) is 56.8 cm³/mol. The fourth-order valence-electron chi connectivity index (χ4n) is 0.717. The molecule has 0 amide bonds. The minimum atomic E-state index is 0. The second-order valence-electron chi connectivity index (χ2n) is 1.94. The first-order valence-corrected chi connectivity index (χ1v) is 2.86. The van der Waals surface area contributed by atoms with Gasteiger partial charge in [0.25, 0.3) is 0 Å². The third kappa shape index (κ3) is 20.0. The molecular formula is C10H25NWY-2. The van der Waals surface area contributed by atoms with Gasteiger partial charge in [0.15, 0.2) is 0 Å². The first kappa shape index (κ1) is 36.4. The minimum absolute atomic E-state index is 0. The van der Waals surface area contributed by atoms with Crippen molar-refractivity contribution in [2.45, 2.75) is 28.7 Å². The second kappa shape index (κ2) is 23.5. The summed E-state index contributed by atoms with van der Waals surface area (Å²) in [6, 6.07) is 0. The summed E-state index contributed by atoms with van der Waals surface area (Å²) in [6.45, 7) is 9.38. The summed E-state index contributed by atoms with van der Waals surface area (Å²) in [7, 11) is 3.71. The van der Waals surface area contributed by atoms with E-state index in [-0.39, 0.29) is 76.1 Å². The van der Waals surface area contributed by atoms with Crippen molar-refractivity contribution in [3.8, 4) is 0 Å². The van der Waals surface area contributed by atoms with Gasteiger partial charge in [0.2, 0.25) is 0 Å². The van der Waals surface area contributed by atoms with Gasteiger partial charge in [-0.05, 0) is 0 Å². The molecule has 1 radical (unpaired) electrons. The van der Waals surface area contributed by atoms with E-state index in [0.29, 0.717) is 0 Å². The first-order valence-electron chi connectivity index (χ1n) is 2.86. The molecule has 1 rings (SSSR count). The standard InChI is InChI=1S/C5H9N.C2H5.2CH4.CH3.W.Y/c1-5-3-6(2)4-5;1-2;;;;;/h2-4H2,1H3;1H2,2H3;2*1H4;1H3;;/q-2;-1;;;-1;+2;. The fourth-order valence-corrected chi connectivity index (χ4v) is 0.717. The molecule has 0 bridgehead atoms. The van der Waals surface area contributed by atoms with E-state index in [1.807, 2.05) is 4.90 Å². The third-order valence-corrected chi connectivity index (χ3v) is 0.987. The van der Waals surface area contributed by atoms with Crippen LogP contribution in [0.5, 0.6) is 0 Å². The summed E-state index contributed by atoms with van der Waals surface area (Å²) < 4.78 is 0. The van der Waals surface area contributed by atoms with Crippen LogP contribution in [0.15, 0.2) is 0 Å². The van der Waals surface area contributed by atoms with Crippen LogP contribution in [0.4, 0.5) is 0 Å². The van der Waals surface area contributed by atoms with Crippen LogP contribution in [0.2, 0.25) is 0 Å². The van der Waals surface area contributed by atoms with E-state index in [0.717, 1.165) is 13.1 Å². The summed E-state index contributed by atoms with van der Waals surface area (Å²) in [5, 5.41) is 0. The van der Waals surface area contributed by atoms with Gasteiger partial charge >= 0.3 is 21.1 Å². The molecule has 1 aliphatic rings. The summed E-state index contributed by atoms with van der Waals surface area (Å²) in [5.41, 5.74) is 0. The molecule has 13 heavy (non-hydrogen) atoms. The predicted octanol–water partition coefficient (Wildman–Crippen LogP) is 3.25. The van der Waals surface area contributed by atoms with Crippen molar-refractivity contribution < 1.29 is 53.8 Å². The summed E-state index contributed by atoms with van der Waals surface area (Å²) >= 11 is 0. The Labute approximate surface area is 127 Å². The van der Waals surface area contributed by atoms with Gasteiger partial charge in [0, 0.05) is 32.7 Å². The normalized spacial score (nSPS) is 12.9. The van der Waals surface area contributed by atoms with E-state index >= 15 is 0 Å². The van der Waals surface area contributed by atoms with Crippen LogP contribution in [-0.2, 0) is 53.8 Å². The molecule has 0 atom stereocenters. The Morgan fingerprint density at radius 3 is 1.38 bits per heavy atom. The molecule has 81 valence electrons. The van der Waals surface area contributed by atoms with E-state index < -0.39 is 0 Å². The average molecular weight is 432 g/mol. The third-order valence-electron chi connectivity index (χ3n) is 0.987. The monoisotopic (exact) mass is 432 g/mol. The number of rotatable bonds is 0. The van der Waals surface area contributed by atoms with Gasteiger partial charge in [-0.3, -0.25) is 13.0 Å². The van der Waals surface area contributed by atoms with Gasteiger partial charge in [-0.25, -0.2) is 0 Å². The van der Waals surface area contributed by atoms with E-state index in [1.54, 1.807) is 12.8 Å². The van der Waals surface area contributed by atoms with Gasteiger partial charge in [-0.2, -0.15) is 26.9 Å². The summed E-state index contributed by atoms with van der Waals surface area (Å²) in [6.07, 6.45) is 0. The molecule has 0 aromatic heterocycles. The maximum atomic E-state index is 3.71. The van der Waals surface area contributed by atoms with E-state index in [4.69, 9.17) is 0 Å². The van der Waals surface area contributed by atoms with Gasteiger partial charge < -0.3 is 19.3 Å². The van der Waals surface area contributed by atoms with Crippen molar-refractivity contribution in [2.24, 2.45) is 0 Å². The Bertz CT molecular complexity index is 50.9. The zero-order valence-corrected chi connectivity index (χ0v) is 13.5. The topological polar surface area (TPSA) is 3.24 Å². The molecule has 0 aromatic carbocycles. The van der Waals surface area contributed by atoms with Crippen LogP contribution in [0, 0.1) is 27.3 Å². The van der Waals surface area contributed by atoms with Gasteiger partial charge in [-0.15, -0.1) is 0 Å². The van der Waals surface area contributed by atoms with Gasteiger partial charge in [0.1, 0.15) is 0 Å². The molecule has 1 nitrogen and oxygen atoms in total. The molecule has 0 unspecified atom stereocenters. The number of hydrogen-bond donors (Lipinski definition) is 0. The molecule has 0 aliphatic carbocycles. The maximum Gasteiger partial charge on any atom is 2.00 e. The first-order chi connectivity index (χ1) is 3.79. The van der Waals surface area contributed by atoms with Crippen LogP contribution in [-0.4, -0.2) is 18.0 Å². The van der Waals surface area contributed by atoms with Crippen LogP contribution in [0.25, 0.3) is 0 Å². The number of hydrogen-bond acceptors (Lipinski definition) is 1. The van der Waals surface area contributed by atoms with Crippen LogP contribution < -0.4 is 0 Å². The Kier molecular flexibility index (Phi) is 65.9. The summed E-state index contributed by atoms with van der Waals surface area (Å²) in [4.78, 5) is 2.04. The second-order valence-corrected chi connectivity index (χ2v) is 1.94. The SMILES string of the molecule is C.C.[CH2-]C.[CH2-]N1C[C-](C)C1.[CH3-].[W+2].[Y]. The zero-order chi connectivity index (χ0) is 6.57. The Balaban J connectivity index is -0.0000000166. The molecule has 1 aliphatic heterocycles. The molecule has 1 heterocycles. The van der Waals surface area contributed by atoms with Crippen molar-refractivity contribution >= 4 is 0 Å². The van der Waals surface area contributed by atoms with E-state index in [2.05, 4.69) is 20.9 Å². The van der Waals surface area contributed by atoms with Crippen LogP contribution >= 0.6 is 0 Å². The smallest absolute Gasteiger partial charge is 0.509 e. The fraction of sp³-hybridized carbons (Fsp3) is 0.600. The quantitative estimate of drug-likeness (QED) is 0.532. The summed E-state index contributed by atoms with van der Waals surface area (Å²) in [5.74, 6) is 1.55. The molecule has 0 N–H and O–H groups in total. The Hall–Kier alpha value is 1.75. The molecule has 3 heteroatoms. The Morgan fingerprint density at radius 2 is 1.38 bits per heavy atom. The van der Waals surface area contributed by atoms with E-state index in [9.17, 15) is 0 Å². The van der Waals surface area contributed by atoms with Gasteiger partial charge in [0.05, 0.1) is 0 Å². The number of nitrogens with zero attached hydrogens (tertiary/aromatic N) is 1. The Morgan fingerprint density at radius 1 is 1.15 bits per heavy atom. The molecule has 1 fully saturated rings. The number of likely N-dealkylation sites (tertiary alicyclic amines) is 1. The largest absolute Gasteiger partial charge is 2.00 e. The van der Waals surface area contributed by atoms with Crippen molar-refractivity contribution in [3.63, 3.8) is 0 Å². The molecule has 0 saturated carbocycles. The zero-order valence-electron chi connectivity index (χ0n) is 7.76. The average Bonchev–Trinajstić information content (AvgIpc) is 1.70. The van der Waals surface area contributed by atoms with Crippen LogP contribution in [0.3, 0.4) is 0 Å². The van der Waals surface area contributed by atoms with E-state index in [1.165, 1.54) is 0 Å². The molecular weight excluding hydrogens is 407 g/mol. The van der Waals surface area contributed by atoms with Gasteiger partial charge in [-0.1, -0.05) is 14.9 Å². The minimum Gasteiger partial charge on any atom is -0.509 e. The molecule has 1 saturated heterocycles. The molecule has 0 aromatic rings. The maximum absolute atomic E-state index is 3.71. The van der Waals surface area contributed by atoms with Crippen molar-refractivity contribution in [1.29, 1.82) is 0 Å². The molecule has 0 spiro atoms. The van der Waals surface area contributed by atoms with Crippen molar-refractivity contribution in [2.75, 3.05) is 13.1 Å².